The van der Waals surface area contributed by atoms with Gasteiger partial charge in [0.25, 0.3) is 0 Å². The van der Waals surface area contributed by atoms with E-state index in [0.717, 1.165) is 43.4 Å². The van der Waals surface area contributed by atoms with Gasteiger partial charge in [0.15, 0.2) is 0 Å². The highest BCUT2D eigenvalue weighted by molar-refractivity contribution is 5.67. The number of fused-ring (bicyclic) bond motifs is 1. The van der Waals surface area contributed by atoms with E-state index >= 15 is 0 Å². The van der Waals surface area contributed by atoms with Gasteiger partial charge in [0.1, 0.15) is 5.82 Å². The maximum Gasteiger partial charge on any atom is 0.232 e. The molecule has 0 aliphatic carbocycles. The second kappa shape index (κ2) is 7.39. The first kappa shape index (κ1) is 17.5. The number of hydrogen-bond acceptors (Lipinski definition) is 4. The van der Waals surface area contributed by atoms with Crippen LogP contribution in [0.3, 0.4) is 0 Å². The SMILES string of the molecule is CCN(c1cccc(C)c1)c1cc(C)nc(N2CCCc3ccccc32)n1. The van der Waals surface area contributed by atoms with E-state index < -0.39 is 0 Å². The predicted molar refractivity (Wildman–Crippen MR) is 112 cm³/mol. The Hall–Kier alpha value is -2.88. The second-order valence-corrected chi connectivity index (χ2v) is 7.13. The molecule has 0 fully saturated rings. The van der Waals surface area contributed by atoms with E-state index in [2.05, 4.69) is 85.2 Å². The Morgan fingerprint density at radius 2 is 1.85 bits per heavy atom. The molecule has 2 aromatic carbocycles. The van der Waals surface area contributed by atoms with Crippen LogP contribution >= 0.6 is 0 Å². The predicted octanol–water partition coefficient (Wildman–Crippen LogP) is 5.34. The summed E-state index contributed by atoms with van der Waals surface area (Å²) in [5, 5.41) is 0. The minimum Gasteiger partial charge on any atom is -0.326 e. The zero-order chi connectivity index (χ0) is 18.8. The summed E-state index contributed by atoms with van der Waals surface area (Å²) in [5.74, 6) is 1.75. The fourth-order valence-electron chi connectivity index (χ4n) is 3.81. The van der Waals surface area contributed by atoms with Crippen LogP contribution in [-0.2, 0) is 6.42 Å². The van der Waals surface area contributed by atoms with E-state index in [1.165, 1.54) is 22.5 Å². The number of aromatic nitrogens is 2. The molecule has 0 unspecified atom stereocenters. The molecule has 138 valence electrons. The molecular weight excluding hydrogens is 332 g/mol. The summed E-state index contributed by atoms with van der Waals surface area (Å²) in [6.07, 6.45) is 2.24. The molecule has 0 spiro atoms. The topological polar surface area (TPSA) is 32.3 Å². The molecule has 2 heterocycles. The molecular formula is C23H26N4. The van der Waals surface area contributed by atoms with Crippen molar-refractivity contribution in [2.24, 2.45) is 0 Å². The first-order valence-electron chi connectivity index (χ1n) is 9.71. The van der Waals surface area contributed by atoms with Crippen molar-refractivity contribution in [3.05, 3.63) is 71.4 Å². The number of anilines is 4. The van der Waals surface area contributed by atoms with Gasteiger partial charge in [0, 0.05) is 36.2 Å². The number of rotatable bonds is 4. The van der Waals surface area contributed by atoms with Crippen LogP contribution in [0.15, 0.2) is 54.6 Å². The standard InChI is InChI=1S/C23H26N4/c1-4-26(20-12-7-9-17(2)15-20)22-16-18(3)24-23(25-22)27-14-8-11-19-10-5-6-13-21(19)27/h5-7,9-10,12-13,15-16H,4,8,11,14H2,1-3H3. The smallest absolute Gasteiger partial charge is 0.232 e. The van der Waals surface area contributed by atoms with Crippen molar-refractivity contribution in [3.63, 3.8) is 0 Å². The number of benzene rings is 2. The van der Waals surface area contributed by atoms with Crippen LogP contribution in [0.25, 0.3) is 0 Å². The zero-order valence-corrected chi connectivity index (χ0v) is 16.3. The highest BCUT2D eigenvalue weighted by Crippen LogP contribution is 2.33. The van der Waals surface area contributed by atoms with E-state index in [0.29, 0.717) is 0 Å². The highest BCUT2D eigenvalue weighted by atomic mass is 15.3. The summed E-state index contributed by atoms with van der Waals surface area (Å²) < 4.78 is 0. The van der Waals surface area contributed by atoms with E-state index in [4.69, 9.17) is 9.97 Å². The Morgan fingerprint density at radius 3 is 2.67 bits per heavy atom. The molecule has 4 heteroatoms. The summed E-state index contributed by atoms with van der Waals surface area (Å²) >= 11 is 0. The third-order valence-corrected chi connectivity index (χ3v) is 5.09. The van der Waals surface area contributed by atoms with Crippen LogP contribution in [-0.4, -0.2) is 23.1 Å². The van der Waals surface area contributed by atoms with Crippen LogP contribution in [0.4, 0.5) is 23.1 Å². The maximum atomic E-state index is 4.97. The quantitative estimate of drug-likeness (QED) is 0.630. The van der Waals surface area contributed by atoms with Crippen LogP contribution in [0, 0.1) is 13.8 Å². The molecule has 0 amide bonds. The van der Waals surface area contributed by atoms with Crippen LogP contribution in [0.5, 0.6) is 0 Å². The van der Waals surface area contributed by atoms with Crippen LogP contribution in [0.2, 0.25) is 0 Å². The lowest BCUT2D eigenvalue weighted by atomic mass is 10.0. The molecule has 0 radical (unpaired) electrons. The minimum atomic E-state index is 0.795. The van der Waals surface area contributed by atoms with Gasteiger partial charge in [-0.05, 0) is 62.9 Å². The number of nitrogens with zero attached hydrogens (tertiary/aromatic N) is 4. The van der Waals surface area contributed by atoms with Crippen molar-refractivity contribution >= 4 is 23.1 Å². The van der Waals surface area contributed by atoms with Gasteiger partial charge in [0.05, 0.1) is 0 Å². The molecule has 0 saturated heterocycles. The molecule has 27 heavy (non-hydrogen) atoms. The van der Waals surface area contributed by atoms with Gasteiger partial charge in [-0.2, -0.15) is 4.98 Å². The monoisotopic (exact) mass is 358 g/mol. The summed E-state index contributed by atoms with van der Waals surface area (Å²) in [7, 11) is 0. The van der Waals surface area contributed by atoms with Gasteiger partial charge < -0.3 is 9.80 Å². The van der Waals surface area contributed by atoms with Crippen molar-refractivity contribution in [3.8, 4) is 0 Å². The molecule has 4 nitrogen and oxygen atoms in total. The lowest BCUT2D eigenvalue weighted by Crippen LogP contribution is -2.27. The molecule has 4 rings (SSSR count). The lowest BCUT2D eigenvalue weighted by Gasteiger charge is -2.31. The average Bonchev–Trinajstić information content (AvgIpc) is 2.68. The van der Waals surface area contributed by atoms with Gasteiger partial charge in [-0.1, -0.05) is 30.3 Å². The first-order chi connectivity index (χ1) is 13.2. The first-order valence-corrected chi connectivity index (χ1v) is 9.71. The van der Waals surface area contributed by atoms with Crippen LogP contribution in [0.1, 0.15) is 30.2 Å². The Kier molecular flexibility index (Phi) is 4.80. The van der Waals surface area contributed by atoms with Gasteiger partial charge in [-0.25, -0.2) is 4.98 Å². The van der Waals surface area contributed by atoms with Crippen LogP contribution < -0.4 is 9.80 Å². The average molecular weight is 358 g/mol. The molecule has 0 saturated carbocycles. The summed E-state index contributed by atoms with van der Waals surface area (Å²) in [4.78, 5) is 14.3. The minimum absolute atomic E-state index is 0.795. The third-order valence-electron chi connectivity index (χ3n) is 5.09. The van der Waals surface area contributed by atoms with E-state index in [1.807, 2.05) is 0 Å². The lowest BCUT2D eigenvalue weighted by molar-refractivity contribution is 0.747. The third kappa shape index (κ3) is 3.52. The van der Waals surface area contributed by atoms with E-state index in [1.54, 1.807) is 0 Å². The Labute approximate surface area is 161 Å². The summed E-state index contributed by atoms with van der Waals surface area (Å²) in [6, 6.07) is 19.2. The van der Waals surface area contributed by atoms with E-state index in [9.17, 15) is 0 Å². The number of para-hydroxylation sites is 1. The van der Waals surface area contributed by atoms with Gasteiger partial charge >= 0.3 is 0 Å². The molecule has 0 bridgehead atoms. The summed E-state index contributed by atoms with van der Waals surface area (Å²) in [6.45, 7) is 8.15. The molecule has 3 aromatic rings. The molecule has 1 aliphatic rings. The normalized spacial score (nSPS) is 13.4. The fourth-order valence-corrected chi connectivity index (χ4v) is 3.81. The van der Waals surface area contributed by atoms with Crippen molar-refractivity contribution < 1.29 is 0 Å². The van der Waals surface area contributed by atoms with Crippen molar-refractivity contribution in [2.45, 2.75) is 33.6 Å². The Morgan fingerprint density at radius 1 is 1.00 bits per heavy atom. The molecule has 0 N–H and O–H groups in total. The molecule has 0 atom stereocenters. The Balaban J connectivity index is 1.76. The van der Waals surface area contributed by atoms with Gasteiger partial charge in [-0.3, -0.25) is 0 Å². The Bertz CT molecular complexity index is 951. The number of aryl methyl sites for hydroxylation is 3. The molecule has 1 aliphatic heterocycles. The largest absolute Gasteiger partial charge is 0.326 e. The zero-order valence-electron chi connectivity index (χ0n) is 16.3. The van der Waals surface area contributed by atoms with Gasteiger partial charge in [0.2, 0.25) is 5.95 Å². The van der Waals surface area contributed by atoms with Crippen molar-refractivity contribution in [1.29, 1.82) is 0 Å². The summed E-state index contributed by atoms with van der Waals surface area (Å²) in [5.41, 5.74) is 6.02. The highest BCUT2D eigenvalue weighted by Gasteiger charge is 2.21. The van der Waals surface area contributed by atoms with Crippen molar-refractivity contribution in [2.75, 3.05) is 22.9 Å². The molecule has 1 aromatic heterocycles. The maximum absolute atomic E-state index is 4.97. The van der Waals surface area contributed by atoms with Crippen molar-refractivity contribution in [1.82, 2.24) is 9.97 Å². The van der Waals surface area contributed by atoms with Gasteiger partial charge in [-0.15, -0.1) is 0 Å². The fraction of sp³-hybridized carbons (Fsp3) is 0.304. The number of hydrogen-bond donors (Lipinski definition) is 0. The second-order valence-electron chi connectivity index (χ2n) is 7.13. The van der Waals surface area contributed by atoms with E-state index in [-0.39, 0.29) is 0 Å².